The number of hydrogen-bond donors (Lipinski definition) is 3. The molecule has 77 heavy (non-hydrogen) atoms. The minimum absolute atomic E-state index is 0.0578. The predicted octanol–water partition coefficient (Wildman–Crippen LogP) is 20.6. The lowest BCUT2D eigenvalue weighted by Gasteiger charge is -2.25. The Hall–Kier alpha value is -2.06. The van der Waals surface area contributed by atoms with Crippen molar-refractivity contribution < 1.29 is 32.9 Å². The van der Waals surface area contributed by atoms with Crippen LogP contribution in [-0.2, 0) is 18.4 Å². The van der Waals surface area contributed by atoms with Gasteiger partial charge in [-0.2, -0.15) is 0 Å². The predicted molar refractivity (Wildman–Crippen MR) is 337 cm³/mol. The number of unbranched alkanes of at least 4 members (excludes halogenated alkanes) is 37. The molecule has 3 N–H and O–H groups in total. The van der Waals surface area contributed by atoms with Gasteiger partial charge < -0.3 is 19.8 Å². The first-order valence-corrected chi connectivity index (χ1v) is 34.3. The van der Waals surface area contributed by atoms with Gasteiger partial charge in [0.1, 0.15) is 13.2 Å². The van der Waals surface area contributed by atoms with Crippen LogP contribution in [-0.4, -0.2) is 73.4 Å². The molecule has 0 rings (SSSR count). The zero-order chi connectivity index (χ0) is 56.3. The maximum Gasteiger partial charge on any atom is 0.472 e. The SMILES string of the molecule is CC/C=C\C/C=C\C/C=C\C/C=C\C/C=C\CCCCCCCCCCCC(=O)NC(COP(=O)(O)OCC[N+](C)(C)C)C(O)/C=C/CCCCCCCCCCCCCCCCCCCCCCCCCCCCCC. The average molecular weight is 1100 g/mol. The highest BCUT2D eigenvalue weighted by Gasteiger charge is 2.28. The molecule has 0 aromatic carbocycles. The summed E-state index contributed by atoms with van der Waals surface area (Å²) in [5, 5.41) is 14.0. The van der Waals surface area contributed by atoms with E-state index < -0.39 is 20.0 Å². The normalized spacial score (nSPS) is 14.2. The third kappa shape index (κ3) is 61.4. The highest BCUT2D eigenvalue weighted by Crippen LogP contribution is 2.43. The summed E-state index contributed by atoms with van der Waals surface area (Å²) in [4.78, 5) is 23.4. The number of carbonyl (C=O) groups excluding carboxylic acids is 1. The third-order valence-corrected chi connectivity index (χ3v) is 15.7. The molecule has 0 spiro atoms. The average Bonchev–Trinajstić information content (AvgIpc) is 3.39. The van der Waals surface area contributed by atoms with E-state index in [1.807, 2.05) is 27.2 Å². The van der Waals surface area contributed by atoms with Crippen LogP contribution in [0.2, 0.25) is 0 Å². The van der Waals surface area contributed by atoms with Crippen LogP contribution in [0.4, 0.5) is 0 Å². The highest BCUT2D eigenvalue weighted by atomic mass is 31.2. The van der Waals surface area contributed by atoms with Crippen LogP contribution in [0, 0.1) is 0 Å². The molecule has 0 radical (unpaired) electrons. The van der Waals surface area contributed by atoms with Crippen molar-refractivity contribution in [1.82, 2.24) is 5.32 Å². The van der Waals surface area contributed by atoms with Gasteiger partial charge in [-0.25, -0.2) is 4.57 Å². The van der Waals surface area contributed by atoms with Crippen molar-refractivity contribution in [2.75, 3.05) is 40.9 Å². The summed E-state index contributed by atoms with van der Waals surface area (Å²) in [6.07, 6.45) is 81.7. The van der Waals surface area contributed by atoms with E-state index in [2.05, 4.69) is 79.9 Å². The van der Waals surface area contributed by atoms with Gasteiger partial charge in [0.15, 0.2) is 0 Å². The molecular formula is C68H128N2O6P+. The van der Waals surface area contributed by atoms with Gasteiger partial charge in [0.25, 0.3) is 0 Å². The number of amides is 1. The zero-order valence-electron chi connectivity index (χ0n) is 51.4. The number of aliphatic hydroxyl groups is 1. The number of aliphatic hydroxyl groups excluding tert-OH is 1. The molecular weight excluding hydrogens is 972 g/mol. The number of nitrogens with one attached hydrogen (secondary N) is 1. The van der Waals surface area contributed by atoms with Crippen LogP contribution in [0.25, 0.3) is 0 Å². The van der Waals surface area contributed by atoms with E-state index in [-0.39, 0.29) is 19.1 Å². The Balaban J connectivity index is 4.13. The molecule has 0 aliphatic carbocycles. The zero-order valence-corrected chi connectivity index (χ0v) is 52.3. The van der Waals surface area contributed by atoms with E-state index in [0.29, 0.717) is 17.4 Å². The molecule has 9 heteroatoms. The molecule has 0 aliphatic heterocycles. The molecule has 8 nitrogen and oxygen atoms in total. The number of quaternary nitrogens is 1. The number of carbonyl (C=O) groups is 1. The van der Waals surface area contributed by atoms with Crippen LogP contribution in [0.15, 0.2) is 72.9 Å². The molecule has 3 atom stereocenters. The van der Waals surface area contributed by atoms with Gasteiger partial charge in [-0.1, -0.05) is 305 Å². The fraction of sp³-hybridized carbons (Fsp3) is 0.809. The van der Waals surface area contributed by atoms with Gasteiger partial charge in [-0.05, 0) is 64.2 Å². The summed E-state index contributed by atoms with van der Waals surface area (Å²) >= 11 is 0. The summed E-state index contributed by atoms with van der Waals surface area (Å²) in [5.41, 5.74) is 0. The standard InChI is InChI=1S/C68H127N2O6P/c1-6-8-10-12-14-16-18-20-22-24-26-28-30-32-33-34-35-36-38-39-41-43-45-47-49-51-53-55-57-59-61-67(71)66(65-76-77(73,74)75-64-63-70(3,4)5)69-68(72)62-60-58-56-54-52-50-48-46-44-42-40-37-31-29-27-25-23-21-19-17-15-13-11-9-7-2/h9,11,15,17,21,23,27,29,37,40,59,61,66-67,71H,6-8,10,12-14,16,18-20,22,24-26,28,30-36,38-39,41-58,60,62-65H2,1-5H3,(H-,69,72,73,74)/p+1/b11-9-,17-15-,23-21-,29-27-,40-37-,61-59+. The van der Waals surface area contributed by atoms with Crippen molar-refractivity contribution in [3.8, 4) is 0 Å². The Bertz CT molecular complexity index is 1480. The Morgan fingerprint density at radius 3 is 1.14 bits per heavy atom. The molecule has 0 saturated carbocycles. The van der Waals surface area contributed by atoms with E-state index in [0.717, 1.165) is 77.0 Å². The van der Waals surface area contributed by atoms with E-state index in [1.165, 1.54) is 205 Å². The van der Waals surface area contributed by atoms with E-state index in [4.69, 9.17) is 9.05 Å². The van der Waals surface area contributed by atoms with Crippen LogP contribution < -0.4 is 5.32 Å². The lowest BCUT2D eigenvalue weighted by Crippen LogP contribution is -2.45. The number of nitrogens with zero attached hydrogens (tertiary/aromatic N) is 1. The Kier molecular flexibility index (Phi) is 57.0. The number of hydrogen-bond acceptors (Lipinski definition) is 5. The minimum Gasteiger partial charge on any atom is -0.387 e. The Morgan fingerprint density at radius 2 is 0.779 bits per heavy atom. The van der Waals surface area contributed by atoms with Crippen LogP contribution >= 0.6 is 7.82 Å². The van der Waals surface area contributed by atoms with Crippen molar-refractivity contribution >= 4 is 13.7 Å². The number of likely N-dealkylation sites (N-methyl/N-ethyl adjacent to an activating group) is 1. The van der Waals surface area contributed by atoms with Crippen LogP contribution in [0.3, 0.4) is 0 Å². The summed E-state index contributed by atoms with van der Waals surface area (Å²) in [6, 6.07) is -0.856. The van der Waals surface area contributed by atoms with E-state index in [1.54, 1.807) is 6.08 Å². The monoisotopic (exact) mass is 1100 g/mol. The van der Waals surface area contributed by atoms with Gasteiger partial charge in [0, 0.05) is 6.42 Å². The van der Waals surface area contributed by atoms with Gasteiger partial charge in [-0.3, -0.25) is 13.8 Å². The van der Waals surface area contributed by atoms with Crippen molar-refractivity contribution in [3.63, 3.8) is 0 Å². The number of phosphoric acid groups is 1. The maximum atomic E-state index is 13.0. The molecule has 1 amide bonds. The van der Waals surface area contributed by atoms with Crippen molar-refractivity contribution in [1.29, 1.82) is 0 Å². The van der Waals surface area contributed by atoms with Crippen LogP contribution in [0.1, 0.15) is 303 Å². The van der Waals surface area contributed by atoms with E-state index in [9.17, 15) is 19.4 Å². The molecule has 0 saturated heterocycles. The van der Waals surface area contributed by atoms with Gasteiger partial charge in [0.2, 0.25) is 5.91 Å². The minimum atomic E-state index is -4.36. The molecule has 0 aromatic heterocycles. The second-order valence-electron chi connectivity index (χ2n) is 23.5. The smallest absolute Gasteiger partial charge is 0.387 e. The van der Waals surface area contributed by atoms with Gasteiger partial charge in [-0.15, -0.1) is 0 Å². The number of allylic oxidation sites excluding steroid dienone is 11. The molecule has 0 aromatic rings. The first-order valence-electron chi connectivity index (χ1n) is 32.8. The topological polar surface area (TPSA) is 105 Å². The number of phosphoric ester groups is 1. The van der Waals surface area contributed by atoms with Crippen molar-refractivity contribution in [2.24, 2.45) is 0 Å². The fourth-order valence-corrected chi connectivity index (χ4v) is 10.3. The summed E-state index contributed by atoms with van der Waals surface area (Å²) in [7, 11) is 1.57. The number of rotatable bonds is 60. The summed E-state index contributed by atoms with van der Waals surface area (Å²) in [5.74, 6) is -0.182. The first-order chi connectivity index (χ1) is 37.5. The lowest BCUT2D eigenvalue weighted by molar-refractivity contribution is -0.870. The Labute approximate surface area is 478 Å². The second kappa shape index (κ2) is 58.6. The third-order valence-electron chi connectivity index (χ3n) is 14.7. The molecule has 0 aliphatic rings. The quantitative estimate of drug-likeness (QED) is 0.0243. The van der Waals surface area contributed by atoms with Crippen molar-refractivity contribution in [3.05, 3.63) is 72.9 Å². The largest absolute Gasteiger partial charge is 0.472 e. The Morgan fingerprint density at radius 1 is 0.455 bits per heavy atom. The molecule has 0 fully saturated rings. The first kappa shape index (κ1) is 74.9. The molecule has 0 bridgehead atoms. The summed E-state index contributed by atoms with van der Waals surface area (Å²) in [6.45, 7) is 4.73. The van der Waals surface area contributed by atoms with Crippen LogP contribution in [0.5, 0.6) is 0 Å². The molecule has 0 heterocycles. The van der Waals surface area contributed by atoms with Gasteiger partial charge in [0.05, 0.1) is 39.9 Å². The van der Waals surface area contributed by atoms with Gasteiger partial charge >= 0.3 is 7.82 Å². The second-order valence-corrected chi connectivity index (χ2v) is 24.9. The fourth-order valence-electron chi connectivity index (χ4n) is 9.60. The molecule has 3 unspecified atom stereocenters. The summed E-state index contributed by atoms with van der Waals surface area (Å²) < 4.78 is 23.8. The lowest BCUT2D eigenvalue weighted by atomic mass is 10.0. The van der Waals surface area contributed by atoms with Crippen molar-refractivity contribution in [2.45, 2.75) is 315 Å². The van der Waals surface area contributed by atoms with E-state index >= 15 is 0 Å². The molecule has 450 valence electrons. The maximum absolute atomic E-state index is 13.0. The highest BCUT2D eigenvalue weighted by molar-refractivity contribution is 7.47.